The van der Waals surface area contributed by atoms with Crippen molar-refractivity contribution in [3.05, 3.63) is 101 Å². The molecule has 4 aromatic rings. The molecule has 0 spiro atoms. The number of benzene rings is 3. The zero-order valence-electron chi connectivity index (χ0n) is 20.0. The summed E-state index contributed by atoms with van der Waals surface area (Å²) in [5, 5.41) is 15.8. The number of nitrogens with zero attached hydrogens (tertiary/aromatic N) is 2. The summed E-state index contributed by atoms with van der Waals surface area (Å²) in [6.45, 7) is 5.06. The molecule has 0 saturated heterocycles. The summed E-state index contributed by atoms with van der Waals surface area (Å²) >= 11 is 0. The zero-order chi connectivity index (χ0) is 25.3. The van der Waals surface area contributed by atoms with Gasteiger partial charge in [0.25, 0.3) is 0 Å². The molecule has 5 rings (SSSR count). The molecule has 186 valence electrons. The van der Waals surface area contributed by atoms with E-state index in [-0.39, 0.29) is 11.7 Å². The molecule has 8 nitrogen and oxygen atoms in total. The quantitative estimate of drug-likeness (QED) is 0.368. The van der Waals surface area contributed by atoms with E-state index in [1.54, 1.807) is 28.9 Å². The Balaban J connectivity index is 1.54. The first-order chi connectivity index (χ1) is 17.3. The van der Waals surface area contributed by atoms with E-state index in [1.807, 2.05) is 50.2 Å². The first-order valence-corrected chi connectivity index (χ1v) is 13.0. The van der Waals surface area contributed by atoms with Crippen molar-refractivity contribution < 1.29 is 23.0 Å². The molecule has 9 heteroatoms. The van der Waals surface area contributed by atoms with Gasteiger partial charge in [-0.3, -0.25) is 4.68 Å². The van der Waals surface area contributed by atoms with Crippen LogP contribution in [-0.2, 0) is 27.9 Å². The summed E-state index contributed by atoms with van der Waals surface area (Å²) in [5.74, 6) is 0.718. The molecule has 1 unspecified atom stereocenters. The van der Waals surface area contributed by atoms with Crippen LogP contribution in [0.4, 0.5) is 0 Å². The van der Waals surface area contributed by atoms with Crippen molar-refractivity contribution in [1.29, 1.82) is 0 Å². The Labute approximate surface area is 210 Å². The predicted molar refractivity (Wildman–Crippen MR) is 135 cm³/mol. The van der Waals surface area contributed by atoms with E-state index in [0.29, 0.717) is 24.5 Å². The van der Waals surface area contributed by atoms with Crippen molar-refractivity contribution in [2.45, 2.75) is 38.1 Å². The number of nitrogens with one attached hydrogen (secondary N) is 1. The third-order valence-electron chi connectivity index (χ3n) is 6.28. The van der Waals surface area contributed by atoms with E-state index >= 15 is 0 Å². The van der Waals surface area contributed by atoms with E-state index in [2.05, 4.69) is 4.72 Å². The molecular formula is C27H27N3O5S. The lowest BCUT2D eigenvalue weighted by atomic mass is 10.0. The molecule has 0 fully saturated rings. The maximum atomic E-state index is 12.9. The van der Waals surface area contributed by atoms with Gasteiger partial charge in [0.1, 0.15) is 5.75 Å². The molecule has 36 heavy (non-hydrogen) atoms. The second kappa shape index (κ2) is 9.87. The van der Waals surface area contributed by atoms with Crippen LogP contribution in [0, 0.1) is 13.8 Å². The summed E-state index contributed by atoms with van der Waals surface area (Å²) in [6, 6.07) is 21.4. The topological polar surface area (TPSA) is 103 Å². The lowest BCUT2D eigenvalue weighted by Gasteiger charge is -2.17. The van der Waals surface area contributed by atoms with E-state index in [1.165, 1.54) is 12.1 Å². The Bertz CT molecular complexity index is 1480. The van der Waals surface area contributed by atoms with Gasteiger partial charge in [0, 0.05) is 11.1 Å². The number of aliphatic hydroxyl groups excluding tert-OH is 1. The fourth-order valence-corrected chi connectivity index (χ4v) is 5.33. The standard InChI is InChI=1S/C27H27N3O5S/c1-18-7-6-8-19(2)23(18)15-30-25(27(31)29-36(32,33)22-9-4-3-5-10-22)14-24(28-30)20-11-12-21-16-34-17-35-26(21)13-20/h3-14,27,29,31H,15-17H2,1-2H3. The number of aliphatic hydroxyl groups is 1. The van der Waals surface area contributed by atoms with Crippen molar-refractivity contribution in [3.63, 3.8) is 0 Å². The third-order valence-corrected chi connectivity index (χ3v) is 7.71. The van der Waals surface area contributed by atoms with E-state index in [4.69, 9.17) is 14.6 Å². The second-order valence-electron chi connectivity index (χ2n) is 8.75. The van der Waals surface area contributed by atoms with Crippen LogP contribution in [0.25, 0.3) is 11.3 Å². The van der Waals surface area contributed by atoms with Crippen LogP contribution in [0.1, 0.15) is 34.2 Å². The highest BCUT2D eigenvalue weighted by Crippen LogP contribution is 2.31. The summed E-state index contributed by atoms with van der Waals surface area (Å²) in [6.07, 6.45) is -1.51. The fraction of sp³-hybridized carbons (Fsp3) is 0.222. The normalized spacial score (nSPS) is 14.2. The van der Waals surface area contributed by atoms with Gasteiger partial charge >= 0.3 is 0 Å². The van der Waals surface area contributed by atoms with Gasteiger partial charge in [-0.1, -0.05) is 48.5 Å². The Kier molecular flexibility index (Phi) is 6.63. The molecule has 3 aromatic carbocycles. The van der Waals surface area contributed by atoms with Crippen LogP contribution >= 0.6 is 0 Å². The molecule has 0 bridgehead atoms. The molecule has 0 saturated carbocycles. The minimum absolute atomic E-state index is 0.0687. The van der Waals surface area contributed by atoms with Gasteiger partial charge in [0.2, 0.25) is 10.0 Å². The van der Waals surface area contributed by atoms with Crippen LogP contribution in [0.3, 0.4) is 0 Å². The summed E-state index contributed by atoms with van der Waals surface area (Å²) in [5.41, 5.74) is 5.86. The highest BCUT2D eigenvalue weighted by molar-refractivity contribution is 7.89. The Morgan fingerprint density at radius 1 is 1.03 bits per heavy atom. The van der Waals surface area contributed by atoms with E-state index in [9.17, 15) is 13.5 Å². The number of sulfonamides is 1. The summed E-state index contributed by atoms with van der Waals surface area (Å²) in [7, 11) is -3.96. The average Bonchev–Trinajstić information content (AvgIpc) is 3.30. The van der Waals surface area contributed by atoms with Gasteiger partial charge in [0.05, 0.1) is 29.4 Å². The molecule has 0 aliphatic carbocycles. The van der Waals surface area contributed by atoms with Crippen molar-refractivity contribution in [2.75, 3.05) is 6.79 Å². The number of aromatic nitrogens is 2. The van der Waals surface area contributed by atoms with Gasteiger partial charge in [-0.15, -0.1) is 0 Å². The third kappa shape index (κ3) is 4.91. The molecule has 0 amide bonds. The molecule has 0 radical (unpaired) electrons. The minimum Gasteiger partial charge on any atom is -0.467 e. The van der Waals surface area contributed by atoms with Crippen LogP contribution in [-0.4, -0.2) is 30.1 Å². The van der Waals surface area contributed by atoms with Gasteiger partial charge < -0.3 is 14.6 Å². The first kappa shape index (κ1) is 24.2. The van der Waals surface area contributed by atoms with Crippen molar-refractivity contribution in [2.24, 2.45) is 0 Å². The minimum atomic E-state index is -3.96. The molecular weight excluding hydrogens is 478 g/mol. The van der Waals surface area contributed by atoms with Crippen LogP contribution in [0.2, 0.25) is 0 Å². The molecule has 2 N–H and O–H groups in total. The van der Waals surface area contributed by atoms with Crippen LogP contribution in [0.15, 0.2) is 77.7 Å². The first-order valence-electron chi connectivity index (χ1n) is 11.5. The molecule has 1 aliphatic rings. The SMILES string of the molecule is Cc1cccc(C)c1Cn1nc(-c2ccc3c(c2)OCOC3)cc1C(O)NS(=O)(=O)c1ccccc1. The molecule has 1 atom stereocenters. The van der Waals surface area contributed by atoms with E-state index < -0.39 is 16.3 Å². The van der Waals surface area contributed by atoms with Gasteiger partial charge in [0.15, 0.2) is 13.0 Å². The van der Waals surface area contributed by atoms with Gasteiger partial charge in [-0.05, 0) is 54.8 Å². The number of hydrogen-bond acceptors (Lipinski definition) is 6. The maximum absolute atomic E-state index is 12.9. The Morgan fingerprint density at radius 2 is 1.78 bits per heavy atom. The molecule has 2 heterocycles. The van der Waals surface area contributed by atoms with E-state index in [0.717, 1.165) is 33.6 Å². The average molecular weight is 506 g/mol. The highest BCUT2D eigenvalue weighted by atomic mass is 32.2. The zero-order valence-corrected chi connectivity index (χ0v) is 20.8. The maximum Gasteiger partial charge on any atom is 0.243 e. The smallest absolute Gasteiger partial charge is 0.243 e. The Morgan fingerprint density at radius 3 is 2.53 bits per heavy atom. The predicted octanol–water partition coefficient (Wildman–Crippen LogP) is 4.05. The summed E-state index contributed by atoms with van der Waals surface area (Å²) in [4.78, 5) is 0.0687. The molecule has 1 aliphatic heterocycles. The Hall–Kier alpha value is -3.50. The lowest BCUT2D eigenvalue weighted by molar-refractivity contribution is -0.0163. The number of aryl methyl sites for hydroxylation is 2. The van der Waals surface area contributed by atoms with Crippen LogP contribution in [0.5, 0.6) is 5.75 Å². The monoisotopic (exact) mass is 505 g/mol. The number of rotatable bonds is 7. The molecule has 1 aromatic heterocycles. The summed E-state index contributed by atoms with van der Waals surface area (Å²) < 4.78 is 40.8. The van der Waals surface area contributed by atoms with Crippen molar-refractivity contribution >= 4 is 10.0 Å². The van der Waals surface area contributed by atoms with Gasteiger partial charge in [-0.2, -0.15) is 9.82 Å². The second-order valence-corrected chi connectivity index (χ2v) is 10.5. The number of hydrogen-bond donors (Lipinski definition) is 2. The number of fused-ring (bicyclic) bond motifs is 1. The number of ether oxygens (including phenoxy) is 2. The van der Waals surface area contributed by atoms with Crippen molar-refractivity contribution in [3.8, 4) is 17.0 Å². The fourth-order valence-electron chi connectivity index (χ4n) is 4.27. The highest BCUT2D eigenvalue weighted by Gasteiger charge is 2.24. The lowest BCUT2D eigenvalue weighted by Crippen LogP contribution is -2.30. The van der Waals surface area contributed by atoms with Crippen molar-refractivity contribution in [1.82, 2.24) is 14.5 Å². The van der Waals surface area contributed by atoms with Gasteiger partial charge in [-0.25, -0.2) is 8.42 Å². The van der Waals surface area contributed by atoms with Crippen LogP contribution < -0.4 is 9.46 Å². The largest absolute Gasteiger partial charge is 0.467 e.